The predicted molar refractivity (Wildman–Crippen MR) is 68.3 cm³/mol. The first-order valence-corrected chi connectivity index (χ1v) is 6.95. The van der Waals surface area contributed by atoms with Crippen LogP contribution in [0.1, 0.15) is 24.8 Å². The van der Waals surface area contributed by atoms with E-state index in [2.05, 4.69) is 5.32 Å². The summed E-state index contributed by atoms with van der Waals surface area (Å²) in [5, 5.41) is 2.86. The van der Waals surface area contributed by atoms with Crippen LogP contribution in [0.2, 0.25) is 0 Å². The molecule has 0 spiro atoms. The Labute approximate surface area is 105 Å². The normalized spacial score (nSPS) is 19.9. The molecule has 1 fully saturated rings. The van der Waals surface area contributed by atoms with Crippen LogP contribution in [-0.4, -0.2) is 16.9 Å². The SMILES string of the molecule is O=C(NCc1ccccc1F)C1CCCCS1. The Balaban J connectivity index is 1.85. The summed E-state index contributed by atoms with van der Waals surface area (Å²) in [5.41, 5.74) is 0.543. The van der Waals surface area contributed by atoms with E-state index in [1.807, 2.05) is 0 Å². The van der Waals surface area contributed by atoms with Crippen LogP contribution in [0.4, 0.5) is 4.39 Å². The summed E-state index contributed by atoms with van der Waals surface area (Å²) in [7, 11) is 0. The lowest BCUT2D eigenvalue weighted by Crippen LogP contribution is -2.33. The van der Waals surface area contributed by atoms with E-state index >= 15 is 0 Å². The highest BCUT2D eigenvalue weighted by atomic mass is 32.2. The second-order valence-corrected chi connectivity index (χ2v) is 5.48. The van der Waals surface area contributed by atoms with Gasteiger partial charge < -0.3 is 5.32 Å². The molecule has 0 saturated carbocycles. The molecule has 1 aromatic rings. The Kier molecular flexibility index (Phi) is 4.42. The van der Waals surface area contributed by atoms with Gasteiger partial charge in [-0.25, -0.2) is 4.39 Å². The summed E-state index contributed by atoms with van der Waals surface area (Å²) < 4.78 is 13.3. The molecule has 2 nitrogen and oxygen atoms in total. The Morgan fingerprint density at radius 3 is 2.94 bits per heavy atom. The third kappa shape index (κ3) is 3.46. The smallest absolute Gasteiger partial charge is 0.233 e. The predicted octanol–water partition coefficient (Wildman–Crippen LogP) is 2.73. The molecule has 1 atom stereocenters. The highest BCUT2D eigenvalue weighted by molar-refractivity contribution is 8.00. The fourth-order valence-corrected chi connectivity index (χ4v) is 3.11. The van der Waals surface area contributed by atoms with Crippen molar-refractivity contribution in [2.75, 3.05) is 5.75 Å². The Hall–Kier alpha value is -1.03. The van der Waals surface area contributed by atoms with Crippen LogP contribution in [0.25, 0.3) is 0 Å². The zero-order chi connectivity index (χ0) is 12.1. The van der Waals surface area contributed by atoms with Crippen molar-refractivity contribution in [1.29, 1.82) is 0 Å². The van der Waals surface area contributed by atoms with E-state index < -0.39 is 0 Å². The van der Waals surface area contributed by atoms with Crippen molar-refractivity contribution in [2.24, 2.45) is 0 Å². The van der Waals surface area contributed by atoms with Crippen molar-refractivity contribution in [2.45, 2.75) is 31.1 Å². The molecule has 0 bridgehead atoms. The topological polar surface area (TPSA) is 29.1 Å². The summed E-state index contributed by atoms with van der Waals surface area (Å²) in [5.74, 6) is 0.833. The summed E-state index contributed by atoms with van der Waals surface area (Å²) in [6.45, 7) is 0.280. The van der Waals surface area contributed by atoms with Crippen LogP contribution >= 0.6 is 11.8 Å². The van der Waals surface area contributed by atoms with E-state index in [0.29, 0.717) is 5.56 Å². The van der Waals surface area contributed by atoms with Crippen LogP contribution in [0.5, 0.6) is 0 Å². The van der Waals surface area contributed by atoms with Gasteiger partial charge in [0.1, 0.15) is 5.82 Å². The Morgan fingerprint density at radius 1 is 1.41 bits per heavy atom. The second-order valence-electron chi connectivity index (χ2n) is 4.16. The quantitative estimate of drug-likeness (QED) is 0.897. The zero-order valence-corrected chi connectivity index (χ0v) is 10.4. The first-order chi connectivity index (χ1) is 8.27. The maximum atomic E-state index is 13.3. The summed E-state index contributed by atoms with van der Waals surface area (Å²) in [6.07, 6.45) is 3.25. The zero-order valence-electron chi connectivity index (χ0n) is 9.62. The molecule has 1 heterocycles. The number of hydrogen-bond donors (Lipinski definition) is 1. The molecule has 0 aliphatic carbocycles. The Bertz CT molecular complexity index is 391. The van der Waals surface area contributed by atoms with Crippen LogP contribution in [-0.2, 0) is 11.3 Å². The minimum absolute atomic E-state index is 0.0398. The molecular weight excluding hydrogens is 237 g/mol. The summed E-state index contributed by atoms with van der Waals surface area (Å²) >= 11 is 1.70. The second kappa shape index (κ2) is 6.05. The van der Waals surface area contributed by atoms with Gasteiger partial charge >= 0.3 is 0 Å². The van der Waals surface area contributed by atoms with E-state index in [0.717, 1.165) is 18.6 Å². The minimum Gasteiger partial charge on any atom is -0.351 e. The molecule has 1 unspecified atom stereocenters. The minimum atomic E-state index is -0.260. The summed E-state index contributed by atoms with van der Waals surface area (Å²) in [6, 6.07) is 6.54. The lowest BCUT2D eigenvalue weighted by atomic mass is 10.1. The molecular formula is C13H16FNOS. The molecule has 1 aliphatic heterocycles. The van der Waals surface area contributed by atoms with Gasteiger partial charge in [-0.2, -0.15) is 0 Å². The third-order valence-electron chi connectivity index (χ3n) is 2.88. The number of halogens is 1. The fourth-order valence-electron chi connectivity index (χ4n) is 1.89. The van der Waals surface area contributed by atoms with Gasteiger partial charge in [-0.3, -0.25) is 4.79 Å². The molecule has 0 aromatic heterocycles. The highest BCUT2D eigenvalue weighted by Crippen LogP contribution is 2.25. The number of carbonyl (C=O) groups excluding carboxylic acids is 1. The van der Waals surface area contributed by atoms with Gasteiger partial charge in [0.15, 0.2) is 0 Å². The van der Waals surface area contributed by atoms with Gasteiger partial charge in [-0.1, -0.05) is 24.6 Å². The largest absolute Gasteiger partial charge is 0.351 e. The molecule has 17 heavy (non-hydrogen) atoms. The van der Waals surface area contributed by atoms with Gasteiger partial charge in [-0.15, -0.1) is 11.8 Å². The lowest BCUT2D eigenvalue weighted by molar-refractivity contribution is -0.120. The highest BCUT2D eigenvalue weighted by Gasteiger charge is 2.21. The lowest BCUT2D eigenvalue weighted by Gasteiger charge is -2.20. The van der Waals surface area contributed by atoms with Crippen molar-refractivity contribution < 1.29 is 9.18 Å². The van der Waals surface area contributed by atoms with Crippen molar-refractivity contribution in [3.8, 4) is 0 Å². The van der Waals surface area contributed by atoms with E-state index in [1.54, 1.807) is 30.0 Å². The van der Waals surface area contributed by atoms with Crippen LogP contribution in [0.3, 0.4) is 0 Å². The number of carbonyl (C=O) groups is 1. The molecule has 1 N–H and O–H groups in total. The van der Waals surface area contributed by atoms with Gasteiger partial charge in [0.2, 0.25) is 5.91 Å². The maximum absolute atomic E-state index is 13.3. The van der Waals surface area contributed by atoms with Crippen molar-refractivity contribution >= 4 is 17.7 Å². The molecule has 1 saturated heterocycles. The third-order valence-corrected chi connectivity index (χ3v) is 4.26. The molecule has 1 aliphatic rings. The van der Waals surface area contributed by atoms with E-state index in [4.69, 9.17) is 0 Å². The van der Waals surface area contributed by atoms with E-state index in [-0.39, 0.29) is 23.5 Å². The van der Waals surface area contributed by atoms with Crippen LogP contribution < -0.4 is 5.32 Å². The molecule has 1 aromatic carbocycles. The van der Waals surface area contributed by atoms with Crippen LogP contribution in [0.15, 0.2) is 24.3 Å². The number of benzene rings is 1. The molecule has 92 valence electrons. The van der Waals surface area contributed by atoms with Crippen molar-refractivity contribution in [1.82, 2.24) is 5.32 Å². The monoisotopic (exact) mass is 253 g/mol. The first-order valence-electron chi connectivity index (χ1n) is 5.90. The number of thioether (sulfide) groups is 1. The molecule has 1 amide bonds. The standard InChI is InChI=1S/C13H16FNOS/c14-11-6-2-1-5-10(11)9-15-13(16)12-7-3-4-8-17-12/h1-2,5-6,12H,3-4,7-9H2,(H,15,16). The number of amides is 1. The summed E-state index contributed by atoms with van der Waals surface area (Å²) in [4.78, 5) is 11.8. The first kappa shape index (κ1) is 12.4. The van der Waals surface area contributed by atoms with Crippen LogP contribution in [0, 0.1) is 5.82 Å². The van der Waals surface area contributed by atoms with Gasteiger partial charge in [-0.05, 0) is 24.7 Å². The number of hydrogen-bond acceptors (Lipinski definition) is 2. The number of rotatable bonds is 3. The Morgan fingerprint density at radius 2 is 2.24 bits per heavy atom. The van der Waals surface area contributed by atoms with Crippen molar-refractivity contribution in [3.05, 3.63) is 35.6 Å². The maximum Gasteiger partial charge on any atom is 0.233 e. The van der Waals surface area contributed by atoms with Crippen molar-refractivity contribution in [3.63, 3.8) is 0 Å². The fraction of sp³-hybridized carbons (Fsp3) is 0.462. The number of nitrogens with one attached hydrogen (secondary N) is 1. The molecule has 0 radical (unpaired) electrons. The van der Waals surface area contributed by atoms with Gasteiger partial charge in [0.25, 0.3) is 0 Å². The average Bonchev–Trinajstić information content (AvgIpc) is 2.38. The van der Waals surface area contributed by atoms with E-state index in [9.17, 15) is 9.18 Å². The van der Waals surface area contributed by atoms with E-state index in [1.165, 1.54) is 12.5 Å². The molecule has 2 rings (SSSR count). The van der Waals surface area contributed by atoms with Gasteiger partial charge in [0.05, 0.1) is 5.25 Å². The van der Waals surface area contributed by atoms with Gasteiger partial charge in [0, 0.05) is 12.1 Å². The average molecular weight is 253 g/mol. The molecule has 4 heteroatoms.